The van der Waals surface area contributed by atoms with Crippen LogP contribution in [0.3, 0.4) is 0 Å². The van der Waals surface area contributed by atoms with Gasteiger partial charge in [0.2, 0.25) is 0 Å². The SMILES string of the molecule is CCNC(=NCC1CCSCC1)NC1CCc2cn(C(C)C)nc2C1.I. The Morgan fingerprint density at radius 1 is 1.35 bits per heavy atom. The maximum absolute atomic E-state index is 4.88. The summed E-state index contributed by atoms with van der Waals surface area (Å²) < 4.78 is 2.10. The molecule has 1 aromatic heterocycles. The van der Waals surface area contributed by atoms with Crippen molar-refractivity contribution in [3.63, 3.8) is 0 Å². The van der Waals surface area contributed by atoms with Gasteiger partial charge >= 0.3 is 0 Å². The summed E-state index contributed by atoms with van der Waals surface area (Å²) in [6.07, 6.45) is 8.12. The zero-order valence-corrected chi connectivity index (χ0v) is 19.5. The molecule has 148 valence electrons. The lowest BCUT2D eigenvalue weighted by molar-refractivity contribution is 0.488. The number of fused-ring (bicyclic) bond motifs is 1. The van der Waals surface area contributed by atoms with Gasteiger partial charge in [0.25, 0.3) is 0 Å². The van der Waals surface area contributed by atoms with E-state index < -0.39 is 0 Å². The average Bonchev–Trinajstić information content (AvgIpc) is 3.04. The molecule has 0 bridgehead atoms. The number of thioether (sulfide) groups is 1. The minimum absolute atomic E-state index is 0. The lowest BCUT2D eigenvalue weighted by Crippen LogP contribution is -2.46. The highest BCUT2D eigenvalue weighted by molar-refractivity contribution is 14.0. The van der Waals surface area contributed by atoms with Gasteiger partial charge < -0.3 is 10.6 Å². The summed E-state index contributed by atoms with van der Waals surface area (Å²) in [6.45, 7) is 8.38. The molecule has 2 N–H and O–H groups in total. The van der Waals surface area contributed by atoms with E-state index in [0.29, 0.717) is 12.1 Å². The van der Waals surface area contributed by atoms with E-state index in [2.05, 4.69) is 54.0 Å². The van der Waals surface area contributed by atoms with Crippen LogP contribution in [0.15, 0.2) is 11.2 Å². The molecule has 26 heavy (non-hydrogen) atoms. The van der Waals surface area contributed by atoms with Crippen LogP contribution in [0.25, 0.3) is 0 Å². The van der Waals surface area contributed by atoms with Crippen LogP contribution >= 0.6 is 35.7 Å². The summed E-state index contributed by atoms with van der Waals surface area (Å²) in [5.74, 6) is 4.34. The molecular weight excluding hydrogens is 457 g/mol. The standard InChI is InChI=1S/C19H33N5S.HI/c1-4-20-19(21-12-15-7-9-25-10-8-15)22-17-6-5-16-13-24(14(2)3)23-18(16)11-17;/h13-15,17H,4-12H2,1-3H3,(H2,20,21,22);1H. The molecule has 1 aromatic rings. The van der Waals surface area contributed by atoms with Crippen LogP contribution in [0.4, 0.5) is 0 Å². The first kappa shape index (κ1) is 21.9. The summed E-state index contributed by atoms with van der Waals surface area (Å²) in [5.41, 5.74) is 2.69. The fraction of sp³-hybridized carbons (Fsp3) is 0.789. The highest BCUT2D eigenvalue weighted by Crippen LogP contribution is 2.23. The number of nitrogens with zero attached hydrogens (tertiary/aromatic N) is 3. The molecule has 1 unspecified atom stereocenters. The second kappa shape index (κ2) is 10.8. The third kappa shape index (κ3) is 6.04. The lowest BCUT2D eigenvalue weighted by Gasteiger charge is -2.25. The third-order valence-corrected chi connectivity index (χ3v) is 6.21. The van der Waals surface area contributed by atoms with Crippen LogP contribution in [-0.2, 0) is 12.8 Å². The number of aromatic nitrogens is 2. The van der Waals surface area contributed by atoms with Gasteiger partial charge in [0.1, 0.15) is 0 Å². The Labute approximate surface area is 179 Å². The fourth-order valence-electron chi connectivity index (χ4n) is 3.56. The minimum atomic E-state index is 0. The molecule has 3 rings (SSSR count). The fourth-order valence-corrected chi connectivity index (χ4v) is 4.77. The molecule has 1 saturated heterocycles. The Balaban J connectivity index is 0.00000243. The van der Waals surface area contributed by atoms with Gasteiger partial charge in [-0.15, -0.1) is 24.0 Å². The van der Waals surface area contributed by atoms with Gasteiger partial charge in [-0.3, -0.25) is 9.67 Å². The van der Waals surface area contributed by atoms with E-state index in [9.17, 15) is 0 Å². The van der Waals surface area contributed by atoms with Crippen LogP contribution < -0.4 is 10.6 Å². The maximum atomic E-state index is 4.88. The molecule has 0 amide bonds. The van der Waals surface area contributed by atoms with Gasteiger partial charge in [-0.1, -0.05) is 0 Å². The molecule has 0 aromatic carbocycles. The quantitative estimate of drug-likeness (QED) is 0.375. The van der Waals surface area contributed by atoms with Crippen molar-refractivity contribution in [3.8, 4) is 0 Å². The first-order valence-electron chi connectivity index (χ1n) is 9.85. The topological polar surface area (TPSA) is 54.2 Å². The van der Waals surface area contributed by atoms with E-state index in [1.165, 1.54) is 35.6 Å². The van der Waals surface area contributed by atoms with Crippen LogP contribution in [0.1, 0.15) is 57.3 Å². The molecule has 0 spiro atoms. The van der Waals surface area contributed by atoms with Crippen molar-refractivity contribution >= 4 is 41.7 Å². The molecule has 0 saturated carbocycles. The molecule has 7 heteroatoms. The van der Waals surface area contributed by atoms with Gasteiger partial charge in [-0.05, 0) is 69.4 Å². The summed E-state index contributed by atoms with van der Waals surface area (Å²) in [4.78, 5) is 4.88. The number of aryl methyl sites for hydroxylation is 1. The van der Waals surface area contributed by atoms with E-state index in [1.807, 2.05) is 0 Å². The summed E-state index contributed by atoms with van der Waals surface area (Å²) in [6, 6.07) is 0.868. The van der Waals surface area contributed by atoms with Crippen LogP contribution in [0.5, 0.6) is 0 Å². The van der Waals surface area contributed by atoms with Gasteiger partial charge in [0.15, 0.2) is 5.96 Å². The van der Waals surface area contributed by atoms with Gasteiger partial charge in [0, 0.05) is 37.8 Å². The molecule has 2 heterocycles. The Bertz CT molecular complexity index is 580. The lowest BCUT2D eigenvalue weighted by atomic mass is 9.94. The first-order valence-corrected chi connectivity index (χ1v) is 11.0. The summed E-state index contributed by atoms with van der Waals surface area (Å²) in [5, 5.41) is 11.9. The molecule has 0 radical (unpaired) electrons. The Morgan fingerprint density at radius 3 is 2.81 bits per heavy atom. The maximum Gasteiger partial charge on any atom is 0.191 e. The number of nitrogens with one attached hydrogen (secondary N) is 2. The number of aliphatic imine (C=N–C) groups is 1. The van der Waals surface area contributed by atoms with Crippen LogP contribution in [0.2, 0.25) is 0 Å². The molecule has 5 nitrogen and oxygen atoms in total. The van der Waals surface area contributed by atoms with E-state index in [0.717, 1.165) is 44.2 Å². The minimum Gasteiger partial charge on any atom is -0.357 e. The highest BCUT2D eigenvalue weighted by Gasteiger charge is 2.23. The molecule has 1 atom stereocenters. The van der Waals surface area contributed by atoms with E-state index in [1.54, 1.807) is 0 Å². The number of rotatable bonds is 5. The molecule has 2 aliphatic rings. The summed E-state index contributed by atoms with van der Waals surface area (Å²) >= 11 is 2.08. The van der Waals surface area contributed by atoms with Crippen LogP contribution in [-0.4, -0.2) is 46.4 Å². The summed E-state index contributed by atoms with van der Waals surface area (Å²) in [7, 11) is 0. The number of hydrogen-bond acceptors (Lipinski definition) is 3. The van der Waals surface area contributed by atoms with Crippen molar-refractivity contribution in [1.29, 1.82) is 0 Å². The first-order chi connectivity index (χ1) is 12.2. The van der Waals surface area contributed by atoms with Crippen LogP contribution in [0, 0.1) is 5.92 Å². The van der Waals surface area contributed by atoms with Gasteiger partial charge in [-0.2, -0.15) is 16.9 Å². The van der Waals surface area contributed by atoms with Crippen molar-refractivity contribution in [3.05, 3.63) is 17.5 Å². The van der Waals surface area contributed by atoms with Crippen molar-refractivity contribution in [2.75, 3.05) is 24.6 Å². The predicted octanol–water partition coefficient (Wildman–Crippen LogP) is 3.64. The molecule has 1 aliphatic carbocycles. The second-order valence-electron chi connectivity index (χ2n) is 7.53. The monoisotopic (exact) mass is 491 g/mol. The number of halogens is 1. The van der Waals surface area contributed by atoms with Crippen molar-refractivity contribution in [1.82, 2.24) is 20.4 Å². The smallest absolute Gasteiger partial charge is 0.191 e. The van der Waals surface area contributed by atoms with Crippen molar-refractivity contribution < 1.29 is 0 Å². The molecule has 1 aliphatic heterocycles. The zero-order valence-electron chi connectivity index (χ0n) is 16.3. The average molecular weight is 491 g/mol. The third-order valence-electron chi connectivity index (χ3n) is 5.16. The predicted molar refractivity (Wildman–Crippen MR) is 123 cm³/mol. The van der Waals surface area contributed by atoms with E-state index in [4.69, 9.17) is 10.1 Å². The van der Waals surface area contributed by atoms with Gasteiger partial charge in [0.05, 0.1) is 5.69 Å². The Morgan fingerprint density at radius 2 is 2.12 bits per heavy atom. The second-order valence-corrected chi connectivity index (χ2v) is 8.76. The Kier molecular flexibility index (Phi) is 9.06. The largest absolute Gasteiger partial charge is 0.357 e. The van der Waals surface area contributed by atoms with Gasteiger partial charge in [-0.25, -0.2) is 0 Å². The Hall–Kier alpha value is -0.440. The molecule has 1 fully saturated rings. The number of hydrogen-bond donors (Lipinski definition) is 2. The normalized spacial score (nSPS) is 21.2. The zero-order chi connectivity index (χ0) is 17.6. The molecular formula is C19H34IN5S. The van der Waals surface area contributed by atoms with Crippen molar-refractivity contribution in [2.45, 2.75) is 65.0 Å². The highest BCUT2D eigenvalue weighted by atomic mass is 127. The van der Waals surface area contributed by atoms with Crippen molar-refractivity contribution in [2.24, 2.45) is 10.9 Å². The number of guanidine groups is 1. The van der Waals surface area contributed by atoms with E-state index >= 15 is 0 Å². The van der Waals surface area contributed by atoms with E-state index in [-0.39, 0.29) is 24.0 Å².